The van der Waals surface area contributed by atoms with Gasteiger partial charge >= 0.3 is 6.18 Å². The van der Waals surface area contributed by atoms with Gasteiger partial charge in [-0.2, -0.15) is 13.2 Å². The summed E-state index contributed by atoms with van der Waals surface area (Å²) in [4.78, 5) is 3.74. The van der Waals surface area contributed by atoms with Gasteiger partial charge in [0.2, 0.25) is 0 Å². The van der Waals surface area contributed by atoms with Crippen LogP contribution in [-0.4, -0.2) is 17.7 Å². The number of hydrogen-bond donors (Lipinski definition) is 1. The summed E-state index contributed by atoms with van der Waals surface area (Å²) in [5.74, 6) is 0. The lowest BCUT2D eigenvalue weighted by atomic mass is 10.6. The molecule has 68 valence electrons. The quantitative estimate of drug-likeness (QED) is 0.885. The molecule has 0 aliphatic rings. The SMILES string of the molecule is FC(F)(F)CNc1nc(Br)cs1. The molecule has 0 aliphatic heterocycles. The highest BCUT2D eigenvalue weighted by Crippen LogP contribution is 2.21. The van der Waals surface area contributed by atoms with Crippen molar-refractivity contribution in [1.82, 2.24) is 4.98 Å². The van der Waals surface area contributed by atoms with Gasteiger partial charge in [0.15, 0.2) is 5.13 Å². The van der Waals surface area contributed by atoms with E-state index in [1.54, 1.807) is 5.38 Å². The zero-order valence-electron chi connectivity index (χ0n) is 5.65. The van der Waals surface area contributed by atoms with Crippen LogP contribution in [0.1, 0.15) is 0 Å². The van der Waals surface area contributed by atoms with Crippen LogP contribution in [0.2, 0.25) is 0 Å². The predicted octanol–water partition coefficient (Wildman–Crippen LogP) is 2.88. The van der Waals surface area contributed by atoms with Crippen LogP contribution in [0.25, 0.3) is 0 Å². The van der Waals surface area contributed by atoms with Crippen LogP contribution in [0, 0.1) is 0 Å². The van der Waals surface area contributed by atoms with Gasteiger partial charge in [0.25, 0.3) is 0 Å². The molecule has 0 saturated heterocycles. The van der Waals surface area contributed by atoms with Gasteiger partial charge in [-0.05, 0) is 15.9 Å². The Labute approximate surface area is 78.9 Å². The van der Waals surface area contributed by atoms with E-state index in [9.17, 15) is 13.2 Å². The highest BCUT2D eigenvalue weighted by atomic mass is 79.9. The van der Waals surface area contributed by atoms with Crippen molar-refractivity contribution in [2.75, 3.05) is 11.9 Å². The summed E-state index contributed by atoms with van der Waals surface area (Å²) in [5.41, 5.74) is 0. The van der Waals surface area contributed by atoms with Crippen LogP contribution in [0.4, 0.5) is 18.3 Å². The molecule has 0 saturated carbocycles. The van der Waals surface area contributed by atoms with Gasteiger partial charge in [-0.1, -0.05) is 0 Å². The Morgan fingerprint density at radius 1 is 1.58 bits per heavy atom. The van der Waals surface area contributed by atoms with Crippen LogP contribution in [0.15, 0.2) is 9.98 Å². The maximum absolute atomic E-state index is 11.7. The highest BCUT2D eigenvalue weighted by molar-refractivity contribution is 9.10. The van der Waals surface area contributed by atoms with E-state index in [2.05, 4.69) is 26.2 Å². The van der Waals surface area contributed by atoms with Crippen molar-refractivity contribution >= 4 is 32.4 Å². The second-order valence-corrected chi connectivity index (χ2v) is 3.61. The fraction of sp³-hybridized carbons (Fsp3) is 0.400. The van der Waals surface area contributed by atoms with E-state index in [1.807, 2.05) is 0 Å². The van der Waals surface area contributed by atoms with Crippen molar-refractivity contribution in [1.29, 1.82) is 0 Å². The molecule has 0 aromatic carbocycles. The minimum Gasteiger partial charge on any atom is -0.352 e. The van der Waals surface area contributed by atoms with E-state index < -0.39 is 12.7 Å². The number of aromatic nitrogens is 1. The van der Waals surface area contributed by atoms with Crippen molar-refractivity contribution in [3.05, 3.63) is 9.98 Å². The molecule has 1 aromatic heterocycles. The molecule has 1 N–H and O–H groups in total. The number of hydrogen-bond acceptors (Lipinski definition) is 3. The van der Waals surface area contributed by atoms with Gasteiger partial charge in [0, 0.05) is 5.38 Å². The average molecular weight is 261 g/mol. The normalized spacial score (nSPS) is 11.7. The van der Waals surface area contributed by atoms with Crippen molar-refractivity contribution < 1.29 is 13.2 Å². The topological polar surface area (TPSA) is 24.9 Å². The van der Waals surface area contributed by atoms with Gasteiger partial charge in [-0.3, -0.25) is 0 Å². The summed E-state index contributed by atoms with van der Waals surface area (Å²) in [6.07, 6.45) is -4.20. The molecule has 2 nitrogen and oxygen atoms in total. The first-order chi connectivity index (χ1) is 5.47. The predicted molar refractivity (Wildman–Crippen MR) is 44.4 cm³/mol. The molecule has 1 aromatic rings. The smallest absolute Gasteiger partial charge is 0.352 e. The Morgan fingerprint density at radius 3 is 2.67 bits per heavy atom. The van der Waals surface area contributed by atoms with Crippen molar-refractivity contribution in [2.24, 2.45) is 0 Å². The Hall–Kier alpha value is -0.300. The molecule has 0 atom stereocenters. The fourth-order valence-electron chi connectivity index (χ4n) is 0.511. The summed E-state index contributed by atoms with van der Waals surface area (Å²) >= 11 is 4.15. The third-order valence-electron chi connectivity index (χ3n) is 0.916. The average Bonchev–Trinajstić information content (AvgIpc) is 2.30. The number of nitrogens with zero attached hydrogens (tertiary/aromatic N) is 1. The number of halogens is 4. The maximum atomic E-state index is 11.7. The third kappa shape index (κ3) is 3.40. The minimum atomic E-state index is -4.20. The summed E-state index contributed by atoms with van der Waals surface area (Å²) < 4.78 is 35.5. The Morgan fingerprint density at radius 2 is 2.25 bits per heavy atom. The van der Waals surface area contributed by atoms with Crippen molar-refractivity contribution in [2.45, 2.75) is 6.18 Å². The minimum absolute atomic E-state index is 0.263. The number of thiazole rings is 1. The summed E-state index contributed by atoms with van der Waals surface area (Å²) in [6, 6.07) is 0. The lowest BCUT2D eigenvalue weighted by Gasteiger charge is -2.05. The molecule has 0 unspecified atom stereocenters. The van der Waals surface area contributed by atoms with E-state index in [1.165, 1.54) is 0 Å². The van der Waals surface area contributed by atoms with E-state index in [0.29, 0.717) is 4.60 Å². The number of nitrogens with one attached hydrogen (secondary N) is 1. The molecule has 0 bridgehead atoms. The highest BCUT2D eigenvalue weighted by Gasteiger charge is 2.26. The van der Waals surface area contributed by atoms with Gasteiger partial charge < -0.3 is 5.32 Å². The summed E-state index contributed by atoms with van der Waals surface area (Å²) in [6.45, 7) is -1.05. The molecular weight excluding hydrogens is 257 g/mol. The first kappa shape index (κ1) is 9.79. The lowest BCUT2D eigenvalue weighted by Crippen LogP contribution is -2.21. The maximum Gasteiger partial charge on any atom is 0.405 e. The fourth-order valence-corrected chi connectivity index (χ4v) is 1.65. The molecule has 0 amide bonds. The standard InChI is InChI=1S/C5H4BrF3N2S/c6-3-1-12-4(11-3)10-2-5(7,8)9/h1H,2H2,(H,10,11). The van der Waals surface area contributed by atoms with E-state index in [0.717, 1.165) is 11.3 Å². The van der Waals surface area contributed by atoms with Gasteiger partial charge in [-0.25, -0.2) is 4.98 Å². The molecule has 0 aliphatic carbocycles. The number of anilines is 1. The first-order valence-corrected chi connectivity index (χ1v) is 4.56. The van der Waals surface area contributed by atoms with E-state index >= 15 is 0 Å². The van der Waals surface area contributed by atoms with Crippen LogP contribution in [-0.2, 0) is 0 Å². The first-order valence-electron chi connectivity index (χ1n) is 2.89. The van der Waals surface area contributed by atoms with Crippen LogP contribution < -0.4 is 5.32 Å². The van der Waals surface area contributed by atoms with E-state index in [-0.39, 0.29) is 5.13 Å². The van der Waals surface area contributed by atoms with E-state index in [4.69, 9.17) is 0 Å². The Bertz CT molecular complexity index is 259. The molecule has 7 heteroatoms. The monoisotopic (exact) mass is 260 g/mol. The molecule has 1 rings (SSSR count). The molecule has 0 fully saturated rings. The molecule has 1 heterocycles. The molecule has 0 radical (unpaired) electrons. The lowest BCUT2D eigenvalue weighted by molar-refractivity contribution is -0.115. The summed E-state index contributed by atoms with van der Waals surface area (Å²) in [7, 11) is 0. The number of rotatable bonds is 2. The molecule has 0 spiro atoms. The van der Waals surface area contributed by atoms with Crippen molar-refractivity contribution in [3.8, 4) is 0 Å². The second kappa shape index (κ2) is 3.61. The number of alkyl halides is 3. The second-order valence-electron chi connectivity index (χ2n) is 1.94. The third-order valence-corrected chi connectivity index (χ3v) is 2.43. The summed E-state index contributed by atoms with van der Waals surface area (Å²) in [5, 5.41) is 4.03. The van der Waals surface area contributed by atoms with Gasteiger partial charge in [0.05, 0.1) is 0 Å². The Kier molecular flexibility index (Phi) is 2.94. The van der Waals surface area contributed by atoms with Crippen LogP contribution >= 0.6 is 27.3 Å². The van der Waals surface area contributed by atoms with Gasteiger partial charge in [0.1, 0.15) is 11.1 Å². The van der Waals surface area contributed by atoms with Gasteiger partial charge in [-0.15, -0.1) is 11.3 Å². The Balaban J connectivity index is 2.44. The molecular formula is C5H4BrF3N2S. The van der Waals surface area contributed by atoms with Crippen molar-refractivity contribution in [3.63, 3.8) is 0 Å². The zero-order chi connectivity index (χ0) is 9.19. The zero-order valence-corrected chi connectivity index (χ0v) is 8.05. The van der Waals surface area contributed by atoms with Crippen LogP contribution in [0.3, 0.4) is 0 Å². The molecule has 12 heavy (non-hydrogen) atoms. The largest absolute Gasteiger partial charge is 0.405 e. The van der Waals surface area contributed by atoms with Crippen LogP contribution in [0.5, 0.6) is 0 Å².